The van der Waals surface area contributed by atoms with E-state index in [9.17, 15) is 0 Å². The summed E-state index contributed by atoms with van der Waals surface area (Å²) in [5.41, 5.74) is 20.1. The summed E-state index contributed by atoms with van der Waals surface area (Å²) in [5.74, 6) is 0. The summed E-state index contributed by atoms with van der Waals surface area (Å²) in [5, 5.41) is 3.57. The van der Waals surface area contributed by atoms with E-state index in [0.717, 1.165) is 51.8 Å². The van der Waals surface area contributed by atoms with Crippen molar-refractivity contribution in [2.24, 2.45) is 0 Å². The van der Waals surface area contributed by atoms with Crippen LogP contribution in [0.15, 0.2) is 162 Å². The third-order valence-corrected chi connectivity index (χ3v) is 12.1. The molecule has 4 heterocycles. The molecular formula is C49H34BN3O. The number of anilines is 3. The molecule has 0 unspecified atom stereocenters. The molecule has 7 aromatic carbocycles. The monoisotopic (exact) mass is 691 g/mol. The van der Waals surface area contributed by atoms with Crippen molar-refractivity contribution in [3.63, 3.8) is 0 Å². The van der Waals surface area contributed by atoms with E-state index in [4.69, 9.17) is 4.42 Å². The molecule has 1 aliphatic heterocycles. The van der Waals surface area contributed by atoms with Crippen molar-refractivity contribution in [3.8, 4) is 28.1 Å². The van der Waals surface area contributed by atoms with Gasteiger partial charge in [-0.25, -0.2) is 0 Å². The molecule has 0 atom stereocenters. The Morgan fingerprint density at radius 3 is 2.07 bits per heavy atom. The van der Waals surface area contributed by atoms with Crippen LogP contribution in [0.1, 0.15) is 25.0 Å². The molecule has 4 nitrogen and oxygen atoms in total. The summed E-state index contributed by atoms with van der Waals surface area (Å²) in [6, 6.07) is 57.2. The molecule has 0 radical (unpaired) electrons. The van der Waals surface area contributed by atoms with Crippen LogP contribution in [0, 0.1) is 0 Å². The van der Waals surface area contributed by atoms with E-state index in [0.29, 0.717) is 0 Å². The summed E-state index contributed by atoms with van der Waals surface area (Å²) < 4.78 is 9.18. The number of hydrogen-bond acceptors (Lipinski definition) is 2. The second kappa shape index (κ2) is 10.7. The average molecular weight is 692 g/mol. The van der Waals surface area contributed by atoms with Gasteiger partial charge in [-0.3, -0.25) is 0 Å². The number of hydrogen-bond donors (Lipinski definition) is 1. The van der Waals surface area contributed by atoms with Crippen molar-refractivity contribution in [3.05, 3.63) is 169 Å². The van der Waals surface area contributed by atoms with Crippen LogP contribution in [0.4, 0.5) is 17.1 Å². The van der Waals surface area contributed by atoms with Crippen LogP contribution in [-0.2, 0) is 5.41 Å². The molecule has 0 saturated carbocycles. The molecule has 254 valence electrons. The minimum Gasteiger partial charge on any atom is -0.454 e. The predicted octanol–water partition coefficient (Wildman–Crippen LogP) is 11.2. The second-order valence-electron chi connectivity index (χ2n) is 15.4. The molecule has 0 amide bonds. The van der Waals surface area contributed by atoms with Crippen molar-refractivity contribution < 1.29 is 4.42 Å². The van der Waals surface area contributed by atoms with Gasteiger partial charge in [-0.15, -0.1) is 0 Å². The fraction of sp³-hybridized carbons (Fsp3) is 0.0612. The SMILES string of the molecule is CC1(C)c2ccccc2-c2[nH]c3c(-c4cc(N(c5ccccc5)c5ccccc5)cc5c4Bc4cccc6c7oc8ccccc8c7n-5c46)cccc3c21. The number of nitrogens with one attached hydrogen (secondary N) is 1. The molecule has 3 aromatic heterocycles. The Labute approximate surface area is 313 Å². The van der Waals surface area contributed by atoms with Crippen molar-refractivity contribution in [2.75, 3.05) is 4.90 Å². The molecule has 12 rings (SSSR count). The van der Waals surface area contributed by atoms with Gasteiger partial charge in [0.2, 0.25) is 0 Å². The van der Waals surface area contributed by atoms with Gasteiger partial charge in [0.15, 0.2) is 12.9 Å². The van der Waals surface area contributed by atoms with Crippen molar-refractivity contribution in [1.82, 2.24) is 9.55 Å². The van der Waals surface area contributed by atoms with Crippen molar-refractivity contribution >= 4 is 79.1 Å². The number of rotatable bonds is 4. The summed E-state index contributed by atoms with van der Waals surface area (Å²) in [6.45, 7) is 4.73. The highest BCUT2D eigenvalue weighted by molar-refractivity contribution is 6.73. The zero-order valence-electron chi connectivity index (χ0n) is 30.0. The number of aromatic amines is 1. The molecule has 0 spiro atoms. The van der Waals surface area contributed by atoms with E-state index in [1.165, 1.54) is 66.5 Å². The zero-order chi connectivity index (χ0) is 35.7. The molecule has 10 aromatic rings. The minimum atomic E-state index is -0.120. The number of H-pyrrole nitrogens is 1. The van der Waals surface area contributed by atoms with Gasteiger partial charge < -0.3 is 18.9 Å². The van der Waals surface area contributed by atoms with Gasteiger partial charge in [0.25, 0.3) is 0 Å². The Morgan fingerprint density at radius 1 is 0.593 bits per heavy atom. The molecule has 0 bridgehead atoms. The Kier molecular flexibility index (Phi) is 5.90. The number of fused-ring (bicyclic) bond motifs is 12. The van der Waals surface area contributed by atoms with Gasteiger partial charge >= 0.3 is 0 Å². The van der Waals surface area contributed by atoms with Crippen LogP contribution >= 0.6 is 0 Å². The van der Waals surface area contributed by atoms with Crippen molar-refractivity contribution in [1.29, 1.82) is 0 Å². The number of benzene rings is 7. The van der Waals surface area contributed by atoms with Crippen LogP contribution in [0.3, 0.4) is 0 Å². The quantitative estimate of drug-likeness (QED) is 0.187. The lowest BCUT2D eigenvalue weighted by Crippen LogP contribution is -2.37. The highest BCUT2D eigenvalue weighted by Gasteiger charge is 2.39. The van der Waals surface area contributed by atoms with Gasteiger partial charge in [0.05, 0.1) is 16.7 Å². The third kappa shape index (κ3) is 3.88. The largest absolute Gasteiger partial charge is 0.454 e. The van der Waals surface area contributed by atoms with E-state index < -0.39 is 0 Å². The summed E-state index contributed by atoms with van der Waals surface area (Å²) >= 11 is 0. The number of nitrogens with zero attached hydrogens (tertiary/aromatic N) is 2. The maximum absolute atomic E-state index is 6.68. The van der Waals surface area contributed by atoms with Gasteiger partial charge in [0, 0.05) is 55.5 Å². The first-order valence-electron chi connectivity index (χ1n) is 18.8. The molecule has 0 fully saturated rings. The van der Waals surface area contributed by atoms with E-state index in [1.54, 1.807) is 0 Å². The summed E-state index contributed by atoms with van der Waals surface area (Å²) in [6.07, 6.45) is 0. The first kappa shape index (κ1) is 29.8. The van der Waals surface area contributed by atoms with Gasteiger partial charge in [-0.1, -0.05) is 122 Å². The molecule has 54 heavy (non-hydrogen) atoms. The minimum absolute atomic E-state index is 0.120. The first-order chi connectivity index (χ1) is 26.6. The van der Waals surface area contributed by atoms with E-state index in [-0.39, 0.29) is 5.41 Å². The molecule has 5 heteroatoms. The molecule has 0 saturated heterocycles. The normalized spacial score (nSPS) is 13.7. The number of aromatic nitrogens is 2. The first-order valence-corrected chi connectivity index (χ1v) is 18.8. The highest BCUT2D eigenvalue weighted by Crippen LogP contribution is 2.52. The number of para-hydroxylation sites is 5. The second-order valence-corrected chi connectivity index (χ2v) is 15.4. The maximum Gasteiger partial charge on any atom is 0.198 e. The van der Waals surface area contributed by atoms with Crippen LogP contribution < -0.4 is 15.8 Å². The Morgan fingerprint density at radius 2 is 1.26 bits per heavy atom. The summed E-state index contributed by atoms with van der Waals surface area (Å²) in [4.78, 5) is 6.41. The van der Waals surface area contributed by atoms with Crippen LogP contribution in [0.5, 0.6) is 0 Å². The van der Waals surface area contributed by atoms with Crippen molar-refractivity contribution in [2.45, 2.75) is 19.3 Å². The lowest BCUT2D eigenvalue weighted by atomic mass is 9.59. The number of furan rings is 1. The van der Waals surface area contributed by atoms with Crippen LogP contribution in [-0.4, -0.2) is 16.8 Å². The standard InChI is InChI=1S/C49H34BN3O/c1-49(2)38-24-11-9-19-33(38)45-42(49)35-22-13-21-32(44(35)51-45)37-27-31(52(29-15-5-3-6-16-29)30-17-7-4-8-18-30)28-40-43(37)50-39-25-14-23-36-46(39)53(40)47-34-20-10-12-26-41(34)54-48(36)47/h3-28,50-51H,1-2H3. The van der Waals surface area contributed by atoms with Crippen LogP contribution in [0.2, 0.25) is 0 Å². The maximum atomic E-state index is 6.68. The molecule has 1 N–H and O–H groups in total. The predicted molar refractivity (Wildman–Crippen MR) is 227 cm³/mol. The Balaban J connectivity index is 1.22. The van der Waals surface area contributed by atoms with E-state index in [1.807, 2.05) is 0 Å². The average Bonchev–Trinajstić information content (AvgIpc) is 3.94. The molecule has 1 aliphatic carbocycles. The van der Waals surface area contributed by atoms with Gasteiger partial charge in [-0.2, -0.15) is 0 Å². The smallest absolute Gasteiger partial charge is 0.198 e. The third-order valence-electron chi connectivity index (χ3n) is 12.1. The molecular weight excluding hydrogens is 657 g/mol. The zero-order valence-corrected chi connectivity index (χ0v) is 30.0. The topological polar surface area (TPSA) is 37.1 Å². The summed E-state index contributed by atoms with van der Waals surface area (Å²) in [7, 11) is 0.814. The highest BCUT2D eigenvalue weighted by atomic mass is 16.3. The van der Waals surface area contributed by atoms with E-state index in [2.05, 4.69) is 186 Å². The lowest BCUT2D eigenvalue weighted by molar-refractivity contribution is 0.666. The van der Waals surface area contributed by atoms with Crippen LogP contribution in [0.25, 0.3) is 71.9 Å². The van der Waals surface area contributed by atoms with E-state index >= 15 is 0 Å². The fourth-order valence-corrected chi connectivity index (χ4v) is 9.83. The van der Waals surface area contributed by atoms with Gasteiger partial charge in [0.1, 0.15) is 11.1 Å². The fourth-order valence-electron chi connectivity index (χ4n) is 9.83. The Hall–Kier alpha value is -6.72. The molecule has 2 aliphatic rings. The lowest BCUT2D eigenvalue weighted by Gasteiger charge is -2.30. The Bertz CT molecular complexity index is 3130. The van der Waals surface area contributed by atoms with Gasteiger partial charge in [-0.05, 0) is 76.8 Å².